The van der Waals surface area contributed by atoms with Crippen molar-refractivity contribution in [2.45, 2.75) is 12.3 Å². The van der Waals surface area contributed by atoms with Crippen LogP contribution in [0.2, 0.25) is 0 Å². The molecule has 4 nitrogen and oxygen atoms in total. The van der Waals surface area contributed by atoms with Crippen molar-refractivity contribution in [3.8, 4) is 11.5 Å². The van der Waals surface area contributed by atoms with E-state index in [4.69, 9.17) is 14.6 Å². The highest BCUT2D eigenvalue weighted by molar-refractivity contribution is 5.78. The summed E-state index contributed by atoms with van der Waals surface area (Å²) in [5.74, 6) is -0.131. The second-order valence-electron chi connectivity index (χ2n) is 3.41. The highest BCUT2D eigenvalue weighted by atomic mass is 16.5. The van der Waals surface area contributed by atoms with E-state index in [1.165, 1.54) is 0 Å². The van der Waals surface area contributed by atoms with Gasteiger partial charge in [0.05, 0.1) is 19.6 Å². The van der Waals surface area contributed by atoms with E-state index in [0.717, 1.165) is 0 Å². The molecule has 1 aromatic carbocycles. The minimum Gasteiger partial charge on any atom is -0.493 e. The maximum atomic E-state index is 11.0. The molecular weight excluding hydrogens is 196 g/mol. The van der Waals surface area contributed by atoms with Gasteiger partial charge >= 0.3 is 5.97 Å². The topological polar surface area (TPSA) is 55.8 Å². The number of carbonyl (C=O) groups is 1. The van der Waals surface area contributed by atoms with Gasteiger partial charge in [0.15, 0.2) is 11.5 Å². The molecule has 1 aromatic rings. The number of fused-ring (bicyclic) bond motifs is 1. The van der Waals surface area contributed by atoms with Crippen molar-refractivity contribution in [2.75, 3.05) is 13.7 Å². The third-order valence-corrected chi connectivity index (χ3v) is 2.56. The van der Waals surface area contributed by atoms with E-state index in [9.17, 15) is 4.79 Å². The first-order valence-electron chi connectivity index (χ1n) is 4.76. The lowest BCUT2D eigenvalue weighted by Crippen LogP contribution is -2.21. The van der Waals surface area contributed by atoms with Crippen LogP contribution in [0.1, 0.15) is 17.9 Å². The van der Waals surface area contributed by atoms with E-state index >= 15 is 0 Å². The van der Waals surface area contributed by atoms with Crippen LogP contribution in [0.3, 0.4) is 0 Å². The van der Waals surface area contributed by atoms with Gasteiger partial charge in [0.25, 0.3) is 0 Å². The highest BCUT2D eigenvalue weighted by Gasteiger charge is 2.29. The Hall–Kier alpha value is -1.71. The molecule has 0 amide bonds. The van der Waals surface area contributed by atoms with Gasteiger partial charge in [0.1, 0.15) is 0 Å². The fourth-order valence-electron chi connectivity index (χ4n) is 1.81. The summed E-state index contributed by atoms with van der Waals surface area (Å²) in [4.78, 5) is 11.0. The minimum atomic E-state index is -0.812. The molecule has 0 bridgehead atoms. The summed E-state index contributed by atoms with van der Waals surface area (Å²) >= 11 is 0. The van der Waals surface area contributed by atoms with Crippen LogP contribution in [0.5, 0.6) is 11.5 Å². The van der Waals surface area contributed by atoms with Crippen molar-refractivity contribution in [3.05, 3.63) is 23.8 Å². The van der Waals surface area contributed by atoms with E-state index < -0.39 is 11.9 Å². The van der Waals surface area contributed by atoms with E-state index in [1.54, 1.807) is 25.3 Å². The van der Waals surface area contributed by atoms with Crippen molar-refractivity contribution in [1.82, 2.24) is 0 Å². The average Bonchev–Trinajstić information content (AvgIpc) is 2.27. The lowest BCUT2D eigenvalue weighted by atomic mass is 9.93. The van der Waals surface area contributed by atoms with Gasteiger partial charge in [0.2, 0.25) is 0 Å². The fourth-order valence-corrected chi connectivity index (χ4v) is 1.81. The summed E-state index contributed by atoms with van der Waals surface area (Å²) in [7, 11) is 1.54. The maximum absolute atomic E-state index is 11.0. The summed E-state index contributed by atoms with van der Waals surface area (Å²) < 4.78 is 10.6. The lowest BCUT2D eigenvalue weighted by molar-refractivity contribution is -0.139. The SMILES string of the molecule is COc1cccc2c1OCC[C@@H]2C(=O)O. The van der Waals surface area contributed by atoms with Gasteiger partial charge in [-0.1, -0.05) is 12.1 Å². The zero-order valence-corrected chi connectivity index (χ0v) is 8.40. The lowest BCUT2D eigenvalue weighted by Gasteiger charge is -2.24. The number of carboxylic acids is 1. The Balaban J connectivity index is 2.48. The fraction of sp³-hybridized carbons (Fsp3) is 0.364. The predicted molar refractivity (Wildman–Crippen MR) is 53.5 cm³/mol. The molecule has 2 rings (SSSR count). The van der Waals surface area contributed by atoms with Gasteiger partial charge in [-0.2, -0.15) is 0 Å². The molecule has 0 fully saturated rings. The van der Waals surface area contributed by atoms with Crippen molar-refractivity contribution < 1.29 is 19.4 Å². The first-order valence-corrected chi connectivity index (χ1v) is 4.76. The van der Waals surface area contributed by atoms with Gasteiger partial charge in [0, 0.05) is 5.56 Å². The Kier molecular flexibility index (Phi) is 2.49. The molecule has 0 aromatic heterocycles. The van der Waals surface area contributed by atoms with Crippen molar-refractivity contribution >= 4 is 5.97 Å². The Bertz CT molecular complexity index is 386. The Morgan fingerprint density at radius 2 is 2.40 bits per heavy atom. The van der Waals surface area contributed by atoms with Crippen LogP contribution < -0.4 is 9.47 Å². The van der Waals surface area contributed by atoms with Crippen molar-refractivity contribution in [3.63, 3.8) is 0 Å². The molecule has 0 radical (unpaired) electrons. The standard InChI is InChI=1S/C11H12O4/c1-14-9-4-2-3-7-8(11(12)13)5-6-15-10(7)9/h2-4,8H,5-6H2,1H3,(H,12,13)/t8-/m0/s1. The normalized spacial score (nSPS) is 18.9. The smallest absolute Gasteiger partial charge is 0.311 e. The van der Waals surface area contributed by atoms with Crippen LogP contribution in [0.4, 0.5) is 0 Å². The zero-order valence-electron chi connectivity index (χ0n) is 8.40. The first-order chi connectivity index (χ1) is 7.24. The van der Waals surface area contributed by atoms with Crippen LogP contribution >= 0.6 is 0 Å². The number of methoxy groups -OCH3 is 1. The molecule has 0 unspecified atom stereocenters. The molecule has 1 aliphatic rings. The van der Waals surface area contributed by atoms with Crippen LogP contribution in [-0.2, 0) is 4.79 Å². The summed E-state index contributed by atoms with van der Waals surface area (Å²) in [5.41, 5.74) is 0.702. The number of carboxylic acid groups (broad SMARTS) is 1. The monoisotopic (exact) mass is 208 g/mol. The quantitative estimate of drug-likeness (QED) is 0.802. The number of hydrogen-bond acceptors (Lipinski definition) is 3. The van der Waals surface area contributed by atoms with E-state index in [-0.39, 0.29) is 0 Å². The molecule has 80 valence electrons. The number of benzene rings is 1. The number of rotatable bonds is 2. The Morgan fingerprint density at radius 1 is 1.60 bits per heavy atom. The Labute approximate surface area is 87.4 Å². The van der Waals surface area contributed by atoms with Gasteiger partial charge < -0.3 is 14.6 Å². The predicted octanol–water partition coefficient (Wildman–Crippen LogP) is 1.65. The molecule has 1 aliphatic heterocycles. The molecule has 1 N–H and O–H groups in total. The summed E-state index contributed by atoms with van der Waals surface area (Å²) in [6.07, 6.45) is 0.509. The van der Waals surface area contributed by atoms with E-state index in [2.05, 4.69) is 0 Å². The van der Waals surface area contributed by atoms with E-state index in [0.29, 0.717) is 30.1 Å². The molecule has 0 aliphatic carbocycles. The van der Waals surface area contributed by atoms with Crippen LogP contribution in [-0.4, -0.2) is 24.8 Å². The second kappa shape index (κ2) is 3.81. The number of ether oxygens (including phenoxy) is 2. The maximum Gasteiger partial charge on any atom is 0.311 e. The molecule has 0 saturated carbocycles. The van der Waals surface area contributed by atoms with Crippen LogP contribution in [0, 0.1) is 0 Å². The van der Waals surface area contributed by atoms with Gasteiger partial charge in [-0.05, 0) is 12.5 Å². The second-order valence-corrected chi connectivity index (χ2v) is 3.41. The van der Waals surface area contributed by atoms with Gasteiger partial charge in [-0.15, -0.1) is 0 Å². The molecule has 4 heteroatoms. The Morgan fingerprint density at radius 3 is 3.07 bits per heavy atom. The zero-order chi connectivity index (χ0) is 10.8. The minimum absolute atomic E-state index is 0.421. The molecule has 15 heavy (non-hydrogen) atoms. The largest absolute Gasteiger partial charge is 0.493 e. The third-order valence-electron chi connectivity index (χ3n) is 2.56. The molecular formula is C11H12O4. The molecule has 0 spiro atoms. The number of aliphatic carboxylic acids is 1. The van der Waals surface area contributed by atoms with Gasteiger partial charge in [-0.25, -0.2) is 0 Å². The highest BCUT2D eigenvalue weighted by Crippen LogP contribution is 2.40. The van der Waals surface area contributed by atoms with E-state index in [1.807, 2.05) is 0 Å². The van der Waals surface area contributed by atoms with Crippen LogP contribution in [0.25, 0.3) is 0 Å². The summed E-state index contributed by atoms with van der Waals surface area (Å²) in [5, 5.41) is 9.05. The molecule has 1 heterocycles. The van der Waals surface area contributed by atoms with Crippen molar-refractivity contribution in [2.24, 2.45) is 0 Å². The van der Waals surface area contributed by atoms with Crippen molar-refractivity contribution in [1.29, 1.82) is 0 Å². The van der Waals surface area contributed by atoms with Crippen LogP contribution in [0.15, 0.2) is 18.2 Å². The summed E-state index contributed by atoms with van der Waals surface area (Å²) in [6.45, 7) is 0.421. The molecule has 0 saturated heterocycles. The third kappa shape index (κ3) is 1.63. The van der Waals surface area contributed by atoms with Gasteiger partial charge in [-0.3, -0.25) is 4.79 Å². The summed E-state index contributed by atoms with van der Waals surface area (Å²) in [6, 6.07) is 5.32. The first kappa shape index (κ1) is 9.83. The molecule has 1 atom stereocenters. The number of para-hydroxylation sites is 1. The number of hydrogen-bond donors (Lipinski definition) is 1. The average molecular weight is 208 g/mol.